The van der Waals surface area contributed by atoms with Crippen LogP contribution in [0.2, 0.25) is 0 Å². The number of nitrogens with one attached hydrogen (secondary N) is 5. The molecule has 0 aliphatic rings. The lowest BCUT2D eigenvalue weighted by Crippen LogP contribution is -2.47. The lowest BCUT2D eigenvalue weighted by atomic mass is 10.1. The Bertz CT molecular complexity index is 1900. The van der Waals surface area contributed by atoms with E-state index in [1.165, 1.54) is 109 Å². The van der Waals surface area contributed by atoms with E-state index in [1.54, 1.807) is 10.8 Å². The molecule has 24 heteroatoms. The summed E-state index contributed by atoms with van der Waals surface area (Å²) in [5.41, 5.74) is 22.8. The number of nitrogens with two attached hydrogens (primary N) is 4. The number of ether oxygens (including phenoxy) is 3. The van der Waals surface area contributed by atoms with Crippen LogP contribution in [0.1, 0.15) is 245 Å². The number of allylic oxidation sites excluding steroid dienone is 4. The van der Waals surface area contributed by atoms with E-state index >= 15 is 0 Å². The summed E-state index contributed by atoms with van der Waals surface area (Å²) < 4.78 is 16.7. The molecule has 0 radical (unpaired) electrons. The van der Waals surface area contributed by atoms with Crippen molar-refractivity contribution in [2.75, 3.05) is 75.5 Å². The van der Waals surface area contributed by atoms with Crippen LogP contribution in [0.4, 0.5) is 0 Å². The van der Waals surface area contributed by atoms with E-state index in [0.29, 0.717) is 94.3 Å². The highest BCUT2D eigenvalue weighted by Gasteiger charge is 2.24. The number of esters is 3. The zero-order valence-electron chi connectivity index (χ0n) is 55.5. The van der Waals surface area contributed by atoms with Crippen molar-refractivity contribution in [2.45, 2.75) is 269 Å². The van der Waals surface area contributed by atoms with Gasteiger partial charge in [-0.15, -0.1) is 0 Å². The van der Waals surface area contributed by atoms with Gasteiger partial charge in [0.1, 0.15) is 19.3 Å². The third-order valence-electron chi connectivity index (χ3n) is 14.6. The van der Waals surface area contributed by atoms with E-state index in [-0.39, 0.29) is 76.0 Å². The van der Waals surface area contributed by atoms with Gasteiger partial charge in [-0.3, -0.25) is 38.4 Å². The van der Waals surface area contributed by atoms with E-state index < -0.39 is 54.0 Å². The maximum atomic E-state index is 13.5. The molecule has 0 rings (SSSR count). The average Bonchev–Trinajstić information content (AvgIpc) is 3.74. The summed E-state index contributed by atoms with van der Waals surface area (Å²) in [4.78, 5) is 103. The Labute approximate surface area is 558 Å². The number of hydrogen-bond donors (Lipinski definition) is 9. The molecule has 0 saturated carbocycles. The van der Waals surface area contributed by atoms with Crippen molar-refractivity contribution in [3.63, 3.8) is 0 Å². The Hall–Kier alpha value is -3.52. The second kappa shape index (κ2) is 65.5. The first-order valence-corrected chi connectivity index (χ1v) is 39.3. The largest absolute Gasteiger partial charge is 0.462 e. The Morgan fingerprint density at radius 2 is 0.756 bits per heavy atom. The van der Waals surface area contributed by atoms with E-state index in [9.17, 15) is 38.4 Å². The fraction of sp³-hybridized carbons (Fsp3) is 0.818. The van der Waals surface area contributed by atoms with Crippen LogP contribution in [0.5, 0.6) is 0 Å². The van der Waals surface area contributed by atoms with Gasteiger partial charge in [0.05, 0.1) is 18.5 Å². The molecule has 90 heavy (non-hydrogen) atoms. The average molecular weight is 1350 g/mol. The van der Waals surface area contributed by atoms with Gasteiger partial charge in [-0.1, -0.05) is 184 Å². The van der Waals surface area contributed by atoms with Gasteiger partial charge in [-0.05, 0) is 109 Å². The standard InChI is InChI=1S/C66H123N9O11S4/c1-3-5-7-9-11-13-15-17-19-21-23-25-27-29-31-37-61(78)84-53-55(86-63(80)38-32-30-28-26-24-22-20-18-16-14-12-10-8-6-4-2)54-85-62(79)42-41-60(77)75-58(66(83)74-48-52-90-89-51-47-73-65(82)57(70)36-34-44-68)39-40-59(76)71-45-49-87-88-50-46-72-64(81)56(69)35-33-43-67/h17-20,55-58H,3-16,21-54,67-70H2,1-2H3,(H,71,76)(H,72,81)(H,73,82)(H,74,83)(H,75,77)/b19-17-,20-18-/t55-,56?,57?,58?/m1/s1. The second-order valence-electron chi connectivity index (χ2n) is 22.9. The van der Waals surface area contributed by atoms with Crippen LogP contribution in [0.15, 0.2) is 24.3 Å². The molecule has 20 nitrogen and oxygen atoms in total. The number of unbranched alkanes of at least 4 members (excludes halogenated alkanes) is 22. The van der Waals surface area contributed by atoms with Crippen LogP contribution in [0, 0.1) is 0 Å². The molecule has 3 unspecified atom stereocenters. The molecule has 0 bridgehead atoms. The second-order valence-corrected chi connectivity index (χ2v) is 28.3. The summed E-state index contributed by atoms with van der Waals surface area (Å²) in [6, 6.07) is -2.29. The normalized spacial score (nSPS) is 12.7. The number of carbonyl (C=O) groups excluding carboxylic acids is 8. The summed E-state index contributed by atoms with van der Waals surface area (Å²) >= 11 is 0. The van der Waals surface area contributed by atoms with E-state index in [4.69, 9.17) is 37.1 Å². The first-order valence-electron chi connectivity index (χ1n) is 34.4. The van der Waals surface area contributed by atoms with Crippen molar-refractivity contribution in [1.29, 1.82) is 0 Å². The summed E-state index contributed by atoms with van der Waals surface area (Å²) in [5, 5.41) is 14.0. The van der Waals surface area contributed by atoms with Gasteiger partial charge in [-0.2, -0.15) is 0 Å². The molecule has 4 atom stereocenters. The van der Waals surface area contributed by atoms with Crippen LogP contribution in [-0.4, -0.2) is 147 Å². The topological polar surface area (TPSA) is 328 Å². The predicted molar refractivity (Wildman–Crippen MR) is 375 cm³/mol. The molecule has 5 amide bonds. The molecule has 0 aromatic rings. The maximum absolute atomic E-state index is 13.5. The summed E-state index contributed by atoms with van der Waals surface area (Å²) in [6.45, 7) is 6.23. The molecule has 0 spiro atoms. The van der Waals surface area contributed by atoms with E-state index in [1.807, 2.05) is 0 Å². The van der Waals surface area contributed by atoms with Crippen LogP contribution in [0.3, 0.4) is 0 Å². The predicted octanol–water partition coefficient (Wildman–Crippen LogP) is 10.5. The van der Waals surface area contributed by atoms with Crippen LogP contribution < -0.4 is 49.5 Å². The third-order valence-corrected chi connectivity index (χ3v) is 19.4. The minimum Gasteiger partial charge on any atom is -0.462 e. The van der Waals surface area contributed by atoms with Gasteiger partial charge in [0.2, 0.25) is 29.5 Å². The molecular weight excluding hydrogens is 1220 g/mol. The van der Waals surface area contributed by atoms with Gasteiger partial charge >= 0.3 is 17.9 Å². The van der Waals surface area contributed by atoms with Gasteiger partial charge in [0, 0.05) is 74.9 Å². The number of hydrogen-bond acceptors (Lipinski definition) is 19. The van der Waals surface area contributed by atoms with Gasteiger partial charge in [0.25, 0.3) is 0 Å². The monoisotopic (exact) mass is 1350 g/mol. The SMILES string of the molecule is CCCCCCCC/C=C\CCCCCCCC(=O)OC[C@H](COC(=O)CCC(=O)NC(CCC(=O)NCCSSCCNC(=O)C(N)CCCN)C(=O)NCCSSCCNC(=O)C(N)CCCN)OC(=O)CCCCCCC/C=C\CCCCCCCC. The van der Waals surface area contributed by atoms with E-state index in [0.717, 1.165) is 77.0 Å². The molecule has 0 saturated heterocycles. The number of amides is 5. The van der Waals surface area contributed by atoms with E-state index in [2.05, 4.69) is 64.7 Å². The molecule has 0 aromatic carbocycles. The fourth-order valence-corrected chi connectivity index (χ4v) is 12.7. The van der Waals surface area contributed by atoms with Crippen molar-refractivity contribution in [1.82, 2.24) is 26.6 Å². The maximum Gasteiger partial charge on any atom is 0.306 e. The van der Waals surface area contributed by atoms with Crippen molar-refractivity contribution in [2.24, 2.45) is 22.9 Å². The molecule has 0 aliphatic heterocycles. The summed E-state index contributed by atoms with van der Waals surface area (Å²) in [5.74, 6) is -1.17. The highest BCUT2D eigenvalue weighted by molar-refractivity contribution is 8.77. The quantitative estimate of drug-likeness (QED) is 0.00898. The number of rotatable bonds is 65. The van der Waals surface area contributed by atoms with Gasteiger partial charge < -0.3 is 63.7 Å². The van der Waals surface area contributed by atoms with Gasteiger partial charge in [-0.25, -0.2) is 0 Å². The molecule has 0 aromatic heterocycles. The van der Waals surface area contributed by atoms with Crippen molar-refractivity contribution >= 4 is 90.6 Å². The van der Waals surface area contributed by atoms with Gasteiger partial charge in [0.15, 0.2) is 6.10 Å². The zero-order chi connectivity index (χ0) is 66.2. The zero-order valence-corrected chi connectivity index (χ0v) is 58.8. The first kappa shape index (κ1) is 86.5. The molecule has 13 N–H and O–H groups in total. The highest BCUT2D eigenvalue weighted by Crippen LogP contribution is 2.21. The lowest BCUT2D eigenvalue weighted by molar-refractivity contribution is -0.167. The van der Waals surface area contributed by atoms with Crippen molar-refractivity contribution in [3.05, 3.63) is 24.3 Å². The Kier molecular flexibility index (Phi) is 63.0. The smallest absolute Gasteiger partial charge is 0.306 e. The van der Waals surface area contributed by atoms with Crippen LogP contribution in [0.25, 0.3) is 0 Å². The molecule has 522 valence electrons. The molecule has 0 aliphatic carbocycles. The first-order chi connectivity index (χ1) is 43.8. The van der Waals surface area contributed by atoms with Crippen molar-refractivity contribution in [3.8, 4) is 0 Å². The molecule has 0 fully saturated rings. The summed E-state index contributed by atoms with van der Waals surface area (Å²) in [6.07, 6.45) is 39.6. The third kappa shape index (κ3) is 58.3. The highest BCUT2D eigenvalue weighted by atomic mass is 33.1. The Morgan fingerprint density at radius 3 is 1.18 bits per heavy atom. The minimum atomic E-state index is -1.09. The van der Waals surface area contributed by atoms with Crippen LogP contribution >= 0.6 is 43.2 Å². The van der Waals surface area contributed by atoms with Crippen LogP contribution in [-0.2, 0) is 52.6 Å². The lowest BCUT2D eigenvalue weighted by Gasteiger charge is -2.19. The van der Waals surface area contributed by atoms with Crippen molar-refractivity contribution < 1.29 is 52.6 Å². The minimum absolute atomic E-state index is 0.0160. The fourth-order valence-electron chi connectivity index (χ4n) is 9.11. The molecular formula is C66H123N9O11S4. The Balaban J connectivity index is 5.35. The Morgan fingerprint density at radius 1 is 0.389 bits per heavy atom. The number of carbonyl (C=O) groups is 8. The summed E-state index contributed by atoms with van der Waals surface area (Å²) in [7, 11) is 6.09. The molecule has 0 heterocycles.